The molecule has 1 aromatic rings. The molecule has 1 amide bonds. The van der Waals surface area contributed by atoms with Gasteiger partial charge >= 0.3 is 0 Å². The van der Waals surface area contributed by atoms with E-state index in [0.717, 1.165) is 18.0 Å². The van der Waals surface area contributed by atoms with Gasteiger partial charge in [0.05, 0.1) is 5.69 Å². The molecule has 102 valence electrons. The molecule has 1 unspecified atom stereocenters. The maximum absolute atomic E-state index is 12.0. The molecule has 4 N–H and O–H groups in total. The van der Waals surface area contributed by atoms with Crippen LogP contribution in [-0.4, -0.2) is 44.0 Å². The fourth-order valence-corrected chi connectivity index (χ4v) is 3.32. The van der Waals surface area contributed by atoms with Crippen LogP contribution in [0, 0.1) is 11.3 Å². The smallest absolute Gasteiger partial charge is 0.265 e. The van der Waals surface area contributed by atoms with E-state index < -0.39 is 0 Å². The summed E-state index contributed by atoms with van der Waals surface area (Å²) in [5, 5.41) is 10.0. The third-order valence-corrected chi connectivity index (χ3v) is 4.41. The summed E-state index contributed by atoms with van der Waals surface area (Å²) in [5.41, 5.74) is 12.5. The average molecular weight is 279 g/mol. The zero-order valence-corrected chi connectivity index (χ0v) is 11.8. The van der Waals surface area contributed by atoms with Gasteiger partial charge in [-0.25, -0.2) is 0 Å². The Morgan fingerprint density at radius 2 is 2.26 bits per heavy atom. The van der Waals surface area contributed by atoms with Gasteiger partial charge in [0.15, 0.2) is 0 Å². The summed E-state index contributed by atoms with van der Waals surface area (Å²) in [6.45, 7) is 1.50. The molecular weight excluding hydrogens is 262 g/mol. The van der Waals surface area contributed by atoms with E-state index in [-0.39, 0.29) is 17.6 Å². The fourth-order valence-electron chi connectivity index (χ4n) is 2.10. The molecule has 0 aromatic carbocycles. The van der Waals surface area contributed by atoms with E-state index >= 15 is 0 Å². The predicted octanol–water partition coefficient (Wildman–Crippen LogP) is 0.441. The standard InChI is InChI=1S/C12H17N5OS/c1-16(2)11(18)10-9(15)8(5-13)12(19-10)17-4-3-7(14)6-17/h7H,3-4,6,14-15H2,1-2H3. The van der Waals surface area contributed by atoms with Crippen LogP contribution in [0.3, 0.4) is 0 Å². The largest absolute Gasteiger partial charge is 0.396 e. The highest BCUT2D eigenvalue weighted by molar-refractivity contribution is 7.19. The van der Waals surface area contributed by atoms with Crippen molar-refractivity contribution in [2.75, 3.05) is 37.8 Å². The number of nitrogen functional groups attached to an aromatic ring is 1. The first-order valence-corrected chi connectivity index (χ1v) is 6.82. The molecule has 2 rings (SSSR count). The summed E-state index contributed by atoms with van der Waals surface area (Å²) < 4.78 is 0. The normalized spacial score (nSPS) is 18.4. The molecule has 1 fully saturated rings. The van der Waals surface area contributed by atoms with Crippen molar-refractivity contribution in [1.29, 1.82) is 5.26 Å². The molecule has 7 heteroatoms. The summed E-state index contributed by atoms with van der Waals surface area (Å²) in [6.07, 6.45) is 0.889. The monoisotopic (exact) mass is 279 g/mol. The van der Waals surface area contributed by atoms with Crippen molar-refractivity contribution in [3.63, 3.8) is 0 Å². The molecule has 2 heterocycles. The van der Waals surface area contributed by atoms with Gasteiger partial charge < -0.3 is 21.3 Å². The van der Waals surface area contributed by atoms with Crippen molar-refractivity contribution in [3.8, 4) is 6.07 Å². The number of rotatable bonds is 2. The summed E-state index contributed by atoms with van der Waals surface area (Å²) in [7, 11) is 3.33. The number of nitriles is 1. The third kappa shape index (κ3) is 2.37. The Bertz CT molecular complexity index is 545. The van der Waals surface area contributed by atoms with Crippen molar-refractivity contribution in [3.05, 3.63) is 10.4 Å². The highest BCUT2D eigenvalue weighted by atomic mass is 32.1. The summed E-state index contributed by atoms with van der Waals surface area (Å²) >= 11 is 1.28. The van der Waals surface area contributed by atoms with Crippen molar-refractivity contribution in [2.45, 2.75) is 12.5 Å². The number of nitrogens with two attached hydrogens (primary N) is 2. The van der Waals surface area contributed by atoms with Crippen molar-refractivity contribution in [2.24, 2.45) is 5.73 Å². The first-order chi connectivity index (χ1) is 8.95. The number of amides is 1. The lowest BCUT2D eigenvalue weighted by Crippen LogP contribution is -2.26. The van der Waals surface area contributed by atoms with E-state index in [1.807, 2.05) is 4.90 Å². The average Bonchev–Trinajstić information content (AvgIpc) is 2.92. The van der Waals surface area contributed by atoms with Crippen LogP contribution in [0.15, 0.2) is 0 Å². The van der Waals surface area contributed by atoms with E-state index in [9.17, 15) is 10.1 Å². The first kappa shape index (κ1) is 13.6. The zero-order chi connectivity index (χ0) is 14.2. The van der Waals surface area contributed by atoms with Gasteiger partial charge in [-0.15, -0.1) is 11.3 Å². The molecule has 0 radical (unpaired) electrons. The highest BCUT2D eigenvalue weighted by Gasteiger charge is 2.28. The quantitative estimate of drug-likeness (QED) is 0.818. The van der Waals surface area contributed by atoms with Gasteiger partial charge in [0.2, 0.25) is 0 Å². The van der Waals surface area contributed by atoms with Crippen LogP contribution in [-0.2, 0) is 0 Å². The van der Waals surface area contributed by atoms with Crippen LogP contribution in [0.1, 0.15) is 21.7 Å². The van der Waals surface area contributed by atoms with Gasteiger partial charge in [0, 0.05) is 33.2 Å². The third-order valence-electron chi connectivity index (χ3n) is 3.15. The second-order valence-corrected chi connectivity index (χ2v) is 5.83. The molecule has 1 aromatic heterocycles. The van der Waals surface area contributed by atoms with Crippen molar-refractivity contribution < 1.29 is 4.79 Å². The molecule has 1 aliphatic heterocycles. The SMILES string of the molecule is CN(C)C(=O)c1sc(N2CCC(N)C2)c(C#N)c1N. The Hall–Kier alpha value is -1.78. The maximum atomic E-state index is 12.0. The van der Waals surface area contributed by atoms with Gasteiger partial charge in [-0.05, 0) is 6.42 Å². The molecule has 0 saturated carbocycles. The molecule has 0 aliphatic carbocycles. The summed E-state index contributed by atoms with van der Waals surface area (Å²) in [5.74, 6) is -0.172. The minimum Gasteiger partial charge on any atom is -0.396 e. The van der Waals surface area contributed by atoms with E-state index in [2.05, 4.69) is 6.07 Å². The number of nitrogens with zero attached hydrogens (tertiary/aromatic N) is 3. The Kier molecular flexibility index (Phi) is 3.64. The number of carbonyl (C=O) groups excluding carboxylic acids is 1. The second-order valence-electron chi connectivity index (χ2n) is 4.83. The minimum atomic E-state index is -0.172. The second kappa shape index (κ2) is 5.07. The Balaban J connectivity index is 2.43. The van der Waals surface area contributed by atoms with Gasteiger partial charge in [0.1, 0.15) is 21.5 Å². The molecule has 0 spiro atoms. The van der Waals surface area contributed by atoms with E-state index in [1.165, 1.54) is 16.2 Å². The molecule has 0 bridgehead atoms. The summed E-state index contributed by atoms with van der Waals surface area (Å²) in [4.78, 5) is 16.0. The fraction of sp³-hybridized carbons (Fsp3) is 0.500. The van der Waals surface area contributed by atoms with E-state index in [1.54, 1.807) is 14.1 Å². The van der Waals surface area contributed by atoms with E-state index in [0.29, 0.717) is 17.0 Å². The highest BCUT2D eigenvalue weighted by Crippen LogP contribution is 2.39. The Morgan fingerprint density at radius 3 is 2.74 bits per heavy atom. The van der Waals surface area contributed by atoms with E-state index in [4.69, 9.17) is 11.5 Å². The van der Waals surface area contributed by atoms with Gasteiger partial charge in [0.25, 0.3) is 5.91 Å². The van der Waals surface area contributed by atoms with Crippen molar-refractivity contribution >= 4 is 27.9 Å². The van der Waals surface area contributed by atoms with Crippen LogP contribution in [0.2, 0.25) is 0 Å². The topological polar surface area (TPSA) is 99.4 Å². The minimum absolute atomic E-state index is 0.114. The van der Waals surface area contributed by atoms with Crippen LogP contribution >= 0.6 is 11.3 Å². The molecule has 1 saturated heterocycles. The number of thiophene rings is 1. The zero-order valence-electron chi connectivity index (χ0n) is 11.0. The lowest BCUT2D eigenvalue weighted by atomic mass is 10.2. The Labute approximate surface area is 116 Å². The molecular formula is C12H17N5OS. The van der Waals surface area contributed by atoms with Crippen LogP contribution < -0.4 is 16.4 Å². The number of hydrogen-bond acceptors (Lipinski definition) is 6. The predicted molar refractivity (Wildman–Crippen MR) is 76.3 cm³/mol. The number of carbonyl (C=O) groups is 1. The first-order valence-electron chi connectivity index (χ1n) is 6.00. The molecule has 6 nitrogen and oxygen atoms in total. The lowest BCUT2D eigenvalue weighted by molar-refractivity contribution is 0.0833. The van der Waals surface area contributed by atoms with Crippen LogP contribution in [0.5, 0.6) is 0 Å². The van der Waals surface area contributed by atoms with Gasteiger partial charge in [-0.1, -0.05) is 0 Å². The molecule has 1 aliphatic rings. The number of anilines is 2. The lowest BCUT2D eigenvalue weighted by Gasteiger charge is -2.15. The Morgan fingerprint density at radius 1 is 1.58 bits per heavy atom. The van der Waals surface area contributed by atoms with Gasteiger partial charge in [-0.2, -0.15) is 5.26 Å². The maximum Gasteiger partial charge on any atom is 0.265 e. The van der Waals surface area contributed by atoms with Crippen LogP contribution in [0.4, 0.5) is 10.7 Å². The summed E-state index contributed by atoms with van der Waals surface area (Å²) in [6, 6.07) is 2.22. The molecule has 19 heavy (non-hydrogen) atoms. The van der Waals surface area contributed by atoms with Crippen molar-refractivity contribution in [1.82, 2.24) is 4.90 Å². The van der Waals surface area contributed by atoms with Crippen LogP contribution in [0.25, 0.3) is 0 Å². The number of hydrogen-bond donors (Lipinski definition) is 2. The van der Waals surface area contributed by atoms with Gasteiger partial charge in [-0.3, -0.25) is 4.79 Å². The molecule has 1 atom stereocenters.